The lowest BCUT2D eigenvalue weighted by molar-refractivity contribution is -0.148. The van der Waals surface area contributed by atoms with E-state index in [4.69, 9.17) is 14.2 Å². The Morgan fingerprint density at radius 3 is 2.18 bits per heavy atom. The van der Waals surface area contributed by atoms with E-state index in [9.17, 15) is 9.59 Å². The van der Waals surface area contributed by atoms with Gasteiger partial charge in [-0.1, -0.05) is 35.4 Å². The molecule has 0 aromatic carbocycles. The predicted octanol–water partition coefficient (Wildman–Crippen LogP) is 3.32. The van der Waals surface area contributed by atoms with Crippen LogP contribution in [0.2, 0.25) is 0 Å². The Morgan fingerprint density at radius 1 is 0.955 bits per heavy atom. The van der Waals surface area contributed by atoms with E-state index in [0.29, 0.717) is 32.7 Å². The maximum Gasteiger partial charge on any atom is 0.308 e. The molecular weight excluding hydrogens is 324 g/mol. The van der Waals surface area contributed by atoms with Crippen molar-refractivity contribution in [2.24, 2.45) is 5.92 Å². The first-order valence-electron chi connectivity index (χ1n) is 7.61. The number of carbonyl (C=O) groups excluding carboxylic acids is 2. The molecule has 0 fully saturated rings. The number of esters is 2. The van der Waals surface area contributed by atoms with Crippen molar-refractivity contribution in [1.82, 2.24) is 0 Å². The van der Waals surface area contributed by atoms with E-state index in [1.165, 1.54) is 0 Å². The molecule has 0 saturated heterocycles. The van der Waals surface area contributed by atoms with Crippen molar-refractivity contribution in [3.8, 4) is 0 Å². The number of ether oxygens (including phenoxy) is 3. The van der Waals surface area contributed by atoms with Gasteiger partial charge >= 0.3 is 11.9 Å². The second-order valence-electron chi connectivity index (χ2n) is 5.22. The molecule has 7 heteroatoms. The molecule has 0 aliphatic rings. The van der Waals surface area contributed by atoms with E-state index < -0.39 is 0 Å². The van der Waals surface area contributed by atoms with Gasteiger partial charge in [-0.25, -0.2) is 0 Å². The molecule has 0 aliphatic heterocycles. The summed E-state index contributed by atoms with van der Waals surface area (Å²) in [6.45, 7) is 9.01. The maximum absolute atomic E-state index is 11.3. The number of hydrogen-bond acceptors (Lipinski definition) is 7. The van der Waals surface area contributed by atoms with Crippen LogP contribution < -0.4 is 0 Å². The lowest BCUT2D eigenvalue weighted by Gasteiger charge is -2.08. The zero-order valence-corrected chi connectivity index (χ0v) is 15.6. The first-order chi connectivity index (χ1) is 10.4. The highest BCUT2D eigenvalue weighted by Crippen LogP contribution is 2.20. The van der Waals surface area contributed by atoms with Gasteiger partial charge in [-0.15, -0.1) is 0 Å². The molecule has 22 heavy (non-hydrogen) atoms. The van der Waals surface area contributed by atoms with Gasteiger partial charge in [-0.05, 0) is 20.3 Å². The van der Waals surface area contributed by atoms with Crippen LogP contribution in [0.3, 0.4) is 0 Å². The quantitative estimate of drug-likeness (QED) is 0.286. The summed E-state index contributed by atoms with van der Waals surface area (Å²) < 4.78 is 15.5. The molecule has 0 aromatic heterocycles. The van der Waals surface area contributed by atoms with Gasteiger partial charge in [0, 0.05) is 24.5 Å². The summed E-state index contributed by atoms with van der Waals surface area (Å²) in [5.41, 5.74) is 0. The lowest BCUT2D eigenvalue weighted by Crippen LogP contribution is -2.13. The summed E-state index contributed by atoms with van der Waals surface area (Å²) in [5, 5.41) is 0. The van der Waals surface area contributed by atoms with Crippen LogP contribution in [-0.2, 0) is 23.8 Å². The fraction of sp³-hybridized carbons (Fsp3) is 0.867. The normalized spacial score (nSPS) is 11.0. The SMILES string of the molecule is CC(C)OC(=O)CCCOCCSSCCOC(=O)C(C)C. The molecule has 0 heterocycles. The number of hydrogen-bond donors (Lipinski definition) is 0. The van der Waals surface area contributed by atoms with Crippen LogP contribution in [0.5, 0.6) is 0 Å². The van der Waals surface area contributed by atoms with E-state index >= 15 is 0 Å². The van der Waals surface area contributed by atoms with Crippen molar-refractivity contribution >= 4 is 33.5 Å². The monoisotopic (exact) mass is 352 g/mol. The molecule has 0 aliphatic carbocycles. The molecule has 130 valence electrons. The summed E-state index contributed by atoms with van der Waals surface area (Å²) in [4.78, 5) is 22.5. The highest BCUT2D eigenvalue weighted by Gasteiger charge is 2.07. The first kappa shape index (κ1) is 21.6. The summed E-state index contributed by atoms with van der Waals surface area (Å²) in [7, 11) is 3.36. The second-order valence-corrected chi connectivity index (χ2v) is 7.92. The molecule has 5 nitrogen and oxygen atoms in total. The molecule has 0 unspecified atom stereocenters. The van der Waals surface area contributed by atoms with E-state index in [2.05, 4.69) is 0 Å². The summed E-state index contributed by atoms with van der Waals surface area (Å²) in [6.07, 6.45) is 1.04. The minimum absolute atomic E-state index is 0.0540. The molecule has 0 radical (unpaired) electrons. The molecular formula is C15H28O5S2. The van der Waals surface area contributed by atoms with E-state index in [-0.39, 0.29) is 24.0 Å². The fourth-order valence-electron chi connectivity index (χ4n) is 1.30. The Kier molecular flexibility index (Phi) is 14.0. The number of carbonyl (C=O) groups is 2. The average molecular weight is 353 g/mol. The van der Waals surface area contributed by atoms with Crippen molar-refractivity contribution < 1.29 is 23.8 Å². The van der Waals surface area contributed by atoms with Crippen LogP contribution in [0.4, 0.5) is 0 Å². The van der Waals surface area contributed by atoms with Crippen LogP contribution in [-0.4, -0.2) is 49.4 Å². The van der Waals surface area contributed by atoms with Gasteiger partial charge in [0.2, 0.25) is 0 Å². The van der Waals surface area contributed by atoms with Gasteiger partial charge in [0.25, 0.3) is 0 Å². The third-order valence-electron chi connectivity index (χ3n) is 2.31. The minimum Gasteiger partial charge on any atom is -0.465 e. The molecule has 0 saturated carbocycles. The van der Waals surface area contributed by atoms with Gasteiger partial charge in [0.05, 0.1) is 18.6 Å². The summed E-state index contributed by atoms with van der Waals surface area (Å²) in [6, 6.07) is 0. The largest absolute Gasteiger partial charge is 0.465 e. The summed E-state index contributed by atoms with van der Waals surface area (Å²) in [5.74, 6) is 1.27. The maximum atomic E-state index is 11.3. The first-order valence-corrected chi connectivity index (χ1v) is 10.1. The Bertz CT molecular complexity index is 308. The molecule has 0 bridgehead atoms. The Balaban J connectivity index is 3.21. The van der Waals surface area contributed by atoms with Crippen molar-refractivity contribution in [3.63, 3.8) is 0 Å². The standard InChI is InChI=1S/C15H28O5S2/c1-12(2)15(17)19-9-11-22-21-10-8-18-7-5-6-14(16)20-13(3)4/h12-13H,5-11H2,1-4H3. The predicted molar refractivity (Wildman–Crippen MR) is 92.0 cm³/mol. The highest BCUT2D eigenvalue weighted by atomic mass is 33.1. The van der Waals surface area contributed by atoms with Crippen LogP contribution >= 0.6 is 21.6 Å². The summed E-state index contributed by atoms with van der Waals surface area (Å²) >= 11 is 0. The minimum atomic E-state index is -0.167. The highest BCUT2D eigenvalue weighted by molar-refractivity contribution is 8.76. The topological polar surface area (TPSA) is 61.8 Å². The molecule has 0 rings (SSSR count). The smallest absolute Gasteiger partial charge is 0.308 e. The van der Waals surface area contributed by atoms with Crippen molar-refractivity contribution in [2.75, 3.05) is 31.3 Å². The zero-order valence-electron chi connectivity index (χ0n) is 14.0. The van der Waals surface area contributed by atoms with Gasteiger partial charge in [0.15, 0.2) is 0 Å². The fourth-order valence-corrected chi connectivity index (χ4v) is 2.98. The Hall–Kier alpha value is -0.400. The second kappa shape index (κ2) is 14.2. The van der Waals surface area contributed by atoms with E-state index in [1.54, 1.807) is 21.6 Å². The van der Waals surface area contributed by atoms with E-state index in [1.807, 2.05) is 27.7 Å². The molecule has 0 N–H and O–H groups in total. The third kappa shape index (κ3) is 14.5. The van der Waals surface area contributed by atoms with Gasteiger partial charge in [-0.3, -0.25) is 9.59 Å². The van der Waals surface area contributed by atoms with Crippen LogP contribution in [0.1, 0.15) is 40.5 Å². The molecule has 0 atom stereocenters. The van der Waals surface area contributed by atoms with Crippen molar-refractivity contribution in [1.29, 1.82) is 0 Å². The Morgan fingerprint density at radius 2 is 1.59 bits per heavy atom. The van der Waals surface area contributed by atoms with Gasteiger partial charge in [0.1, 0.15) is 6.61 Å². The average Bonchev–Trinajstić information content (AvgIpc) is 2.43. The van der Waals surface area contributed by atoms with Crippen LogP contribution in [0, 0.1) is 5.92 Å². The molecule has 0 spiro atoms. The number of rotatable bonds is 13. The third-order valence-corrected chi connectivity index (χ3v) is 4.65. The van der Waals surface area contributed by atoms with Gasteiger partial charge < -0.3 is 14.2 Å². The van der Waals surface area contributed by atoms with Gasteiger partial charge in [-0.2, -0.15) is 0 Å². The van der Waals surface area contributed by atoms with Crippen molar-refractivity contribution in [3.05, 3.63) is 0 Å². The van der Waals surface area contributed by atoms with Crippen molar-refractivity contribution in [2.45, 2.75) is 46.6 Å². The Labute approximate surface area is 141 Å². The van der Waals surface area contributed by atoms with Crippen LogP contribution in [0.25, 0.3) is 0 Å². The zero-order chi connectivity index (χ0) is 16.8. The molecule has 0 amide bonds. The lowest BCUT2D eigenvalue weighted by atomic mass is 10.2. The van der Waals surface area contributed by atoms with E-state index in [0.717, 1.165) is 11.5 Å². The van der Waals surface area contributed by atoms with Crippen LogP contribution in [0.15, 0.2) is 0 Å². The molecule has 0 aromatic rings.